The molecule has 1 atom stereocenters. The Morgan fingerprint density at radius 1 is 1.47 bits per heavy atom. The van der Waals surface area contributed by atoms with Gasteiger partial charge in [-0.25, -0.2) is 4.39 Å². The van der Waals surface area contributed by atoms with Gasteiger partial charge >= 0.3 is 0 Å². The second kappa shape index (κ2) is 5.70. The van der Waals surface area contributed by atoms with Crippen LogP contribution in [-0.4, -0.2) is 43.9 Å². The third-order valence-electron chi connectivity index (χ3n) is 3.87. The molecule has 19 heavy (non-hydrogen) atoms. The van der Waals surface area contributed by atoms with Crippen LogP contribution >= 0.6 is 0 Å². The van der Waals surface area contributed by atoms with Crippen LogP contribution in [0.4, 0.5) is 10.1 Å². The zero-order valence-electron chi connectivity index (χ0n) is 11.8. The molecule has 3 nitrogen and oxygen atoms in total. The van der Waals surface area contributed by atoms with Gasteiger partial charge in [-0.3, -0.25) is 4.79 Å². The van der Waals surface area contributed by atoms with E-state index >= 15 is 0 Å². The fraction of sp³-hybridized carbons (Fsp3) is 0.533. The average Bonchev–Trinajstić information content (AvgIpc) is 2.37. The molecule has 1 aromatic rings. The zero-order chi connectivity index (χ0) is 14.0. The summed E-state index contributed by atoms with van der Waals surface area (Å²) in [4.78, 5) is 16.0. The smallest absolute Gasteiger partial charge is 0.164 e. The number of likely N-dealkylation sites (tertiary alicyclic amines) is 1. The van der Waals surface area contributed by atoms with Gasteiger partial charge in [0.1, 0.15) is 5.82 Å². The Morgan fingerprint density at radius 2 is 2.21 bits per heavy atom. The molecule has 1 aromatic carbocycles. The number of benzene rings is 1. The molecule has 0 radical (unpaired) electrons. The van der Waals surface area contributed by atoms with Crippen molar-refractivity contribution in [1.82, 2.24) is 4.90 Å². The van der Waals surface area contributed by atoms with Crippen LogP contribution in [0.1, 0.15) is 30.1 Å². The van der Waals surface area contributed by atoms with Crippen molar-refractivity contribution in [2.75, 3.05) is 32.1 Å². The van der Waals surface area contributed by atoms with Gasteiger partial charge in [-0.05, 0) is 45.5 Å². The standard InChI is InChI=1S/C15H21FN2O/c1-11(19)15-13(16)7-4-8-14(15)18(3)12-6-5-9-17(2)10-12/h4,7-8,12H,5-6,9-10H2,1-3H3. The Morgan fingerprint density at radius 3 is 2.84 bits per heavy atom. The first-order chi connectivity index (χ1) is 9.00. The third-order valence-corrected chi connectivity index (χ3v) is 3.87. The highest BCUT2D eigenvalue weighted by Crippen LogP contribution is 2.27. The molecule has 0 aliphatic carbocycles. The first kappa shape index (κ1) is 14.0. The lowest BCUT2D eigenvalue weighted by molar-refractivity contribution is 0.101. The lowest BCUT2D eigenvalue weighted by Crippen LogP contribution is -2.45. The van der Waals surface area contributed by atoms with E-state index in [9.17, 15) is 9.18 Å². The number of carbonyl (C=O) groups is 1. The van der Waals surface area contributed by atoms with Crippen LogP contribution in [0.15, 0.2) is 18.2 Å². The quantitative estimate of drug-likeness (QED) is 0.784. The predicted octanol–water partition coefficient (Wildman–Crippen LogP) is 2.56. The lowest BCUT2D eigenvalue weighted by atomic mass is 10.0. The van der Waals surface area contributed by atoms with Crippen molar-refractivity contribution in [2.45, 2.75) is 25.8 Å². The number of halogens is 1. The van der Waals surface area contributed by atoms with Gasteiger partial charge in [0.25, 0.3) is 0 Å². The molecular formula is C15H21FN2O. The Hall–Kier alpha value is -1.42. The summed E-state index contributed by atoms with van der Waals surface area (Å²) in [7, 11) is 4.04. The van der Waals surface area contributed by atoms with Crippen molar-refractivity contribution in [3.63, 3.8) is 0 Å². The Kier molecular flexibility index (Phi) is 4.20. The summed E-state index contributed by atoms with van der Waals surface area (Å²) in [5.74, 6) is -0.648. The summed E-state index contributed by atoms with van der Waals surface area (Å²) in [6.45, 7) is 3.47. The van der Waals surface area contributed by atoms with Gasteiger partial charge in [0.15, 0.2) is 5.78 Å². The number of rotatable bonds is 3. The first-order valence-corrected chi connectivity index (χ1v) is 6.71. The minimum absolute atomic E-state index is 0.207. The van der Waals surface area contributed by atoms with Gasteiger partial charge in [-0.15, -0.1) is 0 Å². The summed E-state index contributed by atoms with van der Waals surface area (Å²) in [6, 6.07) is 5.17. The molecular weight excluding hydrogens is 243 g/mol. The van der Waals surface area contributed by atoms with E-state index in [2.05, 4.69) is 16.8 Å². The molecule has 4 heteroatoms. The highest BCUT2D eigenvalue weighted by atomic mass is 19.1. The molecule has 104 valence electrons. The van der Waals surface area contributed by atoms with E-state index in [-0.39, 0.29) is 11.3 Å². The SMILES string of the molecule is CC(=O)c1c(F)cccc1N(C)C1CCCN(C)C1. The van der Waals surface area contributed by atoms with Crippen LogP contribution in [0.5, 0.6) is 0 Å². The summed E-state index contributed by atoms with van der Waals surface area (Å²) in [5.41, 5.74) is 0.908. The number of Topliss-reactive ketones (excluding diaryl/α,β-unsaturated/α-hetero) is 1. The number of piperidine rings is 1. The predicted molar refractivity (Wildman–Crippen MR) is 75.3 cm³/mol. The van der Waals surface area contributed by atoms with Crippen molar-refractivity contribution >= 4 is 11.5 Å². The summed E-state index contributed by atoms with van der Waals surface area (Å²) < 4.78 is 13.8. The molecule has 0 N–H and O–H groups in total. The van der Waals surface area contributed by atoms with Crippen LogP contribution in [0, 0.1) is 5.82 Å². The lowest BCUT2D eigenvalue weighted by Gasteiger charge is -2.37. The van der Waals surface area contributed by atoms with Crippen LogP contribution < -0.4 is 4.90 Å². The topological polar surface area (TPSA) is 23.6 Å². The van der Waals surface area contributed by atoms with Crippen molar-refractivity contribution in [3.05, 3.63) is 29.6 Å². The van der Waals surface area contributed by atoms with Gasteiger partial charge in [0.05, 0.1) is 11.3 Å². The van der Waals surface area contributed by atoms with Gasteiger partial charge in [-0.1, -0.05) is 6.07 Å². The van der Waals surface area contributed by atoms with Crippen LogP contribution in [0.3, 0.4) is 0 Å². The van der Waals surface area contributed by atoms with E-state index in [1.165, 1.54) is 13.0 Å². The molecule has 1 saturated heterocycles. The summed E-state index contributed by atoms with van der Waals surface area (Å²) >= 11 is 0. The molecule has 0 aromatic heterocycles. The molecule has 0 saturated carbocycles. The van der Waals surface area contributed by atoms with E-state index in [1.807, 2.05) is 13.1 Å². The number of likely N-dealkylation sites (N-methyl/N-ethyl adjacent to an activating group) is 2. The molecule has 0 amide bonds. The van der Waals surface area contributed by atoms with E-state index in [0.29, 0.717) is 11.7 Å². The first-order valence-electron chi connectivity index (χ1n) is 6.71. The van der Waals surface area contributed by atoms with Crippen molar-refractivity contribution in [3.8, 4) is 0 Å². The largest absolute Gasteiger partial charge is 0.370 e. The number of ketones is 1. The molecule has 1 aliphatic rings. The second-order valence-electron chi connectivity index (χ2n) is 5.36. The normalized spacial score (nSPS) is 20.3. The Labute approximate surface area is 114 Å². The van der Waals surface area contributed by atoms with E-state index < -0.39 is 5.82 Å². The number of hydrogen-bond donors (Lipinski definition) is 0. The van der Waals surface area contributed by atoms with Crippen molar-refractivity contribution in [1.29, 1.82) is 0 Å². The Balaban J connectivity index is 2.30. The number of nitrogens with zero attached hydrogens (tertiary/aromatic N) is 2. The summed E-state index contributed by atoms with van der Waals surface area (Å²) in [5, 5.41) is 0. The average molecular weight is 264 g/mol. The van der Waals surface area contributed by atoms with Gasteiger partial charge < -0.3 is 9.80 Å². The maximum atomic E-state index is 13.8. The van der Waals surface area contributed by atoms with E-state index in [1.54, 1.807) is 6.07 Å². The number of anilines is 1. The fourth-order valence-corrected chi connectivity index (χ4v) is 2.81. The van der Waals surface area contributed by atoms with E-state index in [0.717, 1.165) is 25.9 Å². The highest BCUT2D eigenvalue weighted by molar-refractivity contribution is 6.00. The highest BCUT2D eigenvalue weighted by Gasteiger charge is 2.24. The molecule has 0 bridgehead atoms. The van der Waals surface area contributed by atoms with Crippen molar-refractivity contribution in [2.24, 2.45) is 0 Å². The monoisotopic (exact) mass is 264 g/mol. The van der Waals surface area contributed by atoms with Crippen LogP contribution in [0.25, 0.3) is 0 Å². The number of hydrogen-bond acceptors (Lipinski definition) is 3. The third kappa shape index (κ3) is 2.95. The van der Waals surface area contributed by atoms with E-state index in [4.69, 9.17) is 0 Å². The molecule has 1 aliphatic heterocycles. The van der Waals surface area contributed by atoms with Crippen LogP contribution in [-0.2, 0) is 0 Å². The van der Waals surface area contributed by atoms with Crippen molar-refractivity contribution < 1.29 is 9.18 Å². The van der Waals surface area contributed by atoms with Gasteiger partial charge in [-0.2, -0.15) is 0 Å². The Bertz CT molecular complexity index is 475. The second-order valence-corrected chi connectivity index (χ2v) is 5.36. The zero-order valence-corrected chi connectivity index (χ0v) is 11.8. The fourth-order valence-electron chi connectivity index (χ4n) is 2.81. The summed E-state index contributed by atoms with van der Waals surface area (Å²) in [6.07, 6.45) is 2.21. The minimum Gasteiger partial charge on any atom is -0.370 e. The molecule has 1 fully saturated rings. The molecule has 1 unspecified atom stereocenters. The van der Waals surface area contributed by atoms with Gasteiger partial charge in [0.2, 0.25) is 0 Å². The van der Waals surface area contributed by atoms with Gasteiger partial charge in [0, 0.05) is 19.6 Å². The number of carbonyl (C=O) groups excluding carboxylic acids is 1. The van der Waals surface area contributed by atoms with Crippen LogP contribution in [0.2, 0.25) is 0 Å². The molecule has 1 heterocycles. The molecule has 2 rings (SSSR count). The maximum absolute atomic E-state index is 13.8. The molecule has 0 spiro atoms. The maximum Gasteiger partial charge on any atom is 0.164 e. The minimum atomic E-state index is -0.430.